The highest BCUT2D eigenvalue weighted by Gasteiger charge is 2.49. The number of ether oxygens (including phenoxy) is 2. The van der Waals surface area contributed by atoms with Gasteiger partial charge in [0.1, 0.15) is 17.4 Å². The van der Waals surface area contributed by atoms with E-state index in [1.54, 1.807) is 18.2 Å². The molecule has 2 N–H and O–H groups in total. The molecule has 1 aliphatic carbocycles. The van der Waals surface area contributed by atoms with Crippen molar-refractivity contribution in [1.82, 2.24) is 5.32 Å². The Morgan fingerprint density at radius 1 is 0.920 bits per heavy atom. The van der Waals surface area contributed by atoms with Gasteiger partial charge in [-0.05, 0) is 74.3 Å². The average Bonchev–Trinajstić information content (AvgIpc) is 3.84. The molecular formula is C41H38N4O5. The van der Waals surface area contributed by atoms with Crippen LogP contribution in [0.15, 0.2) is 162 Å². The van der Waals surface area contributed by atoms with Crippen molar-refractivity contribution in [3.63, 3.8) is 0 Å². The smallest absolute Gasteiger partial charge is 0.321 e. The molecule has 8 bridgehead atoms. The van der Waals surface area contributed by atoms with Gasteiger partial charge >= 0.3 is 11.9 Å². The molecule has 1 saturated heterocycles. The Bertz CT molecular complexity index is 2160. The maximum atomic E-state index is 13.5. The molecule has 0 radical (unpaired) electrons. The number of aliphatic hydroxyl groups excluding tert-OH is 1. The monoisotopic (exact) mass is 666 g/mol. The fourth-order valence-electron chi connectivity index (χ4n) is 7.50. The lowest BCUT2D eigenvalue weighted by Crippen LogP contribution is -2.25. The number of methoxy groups -OCH3 is 1. The van der Waals surface area contributed by atoms with Gasteiger partial charge in [0.15, 0.2) is 0 Å². The Morgan fingerprint density at radius 2 is 1.56 bits per heavy atom. The molecule has 1 aromatic rings. The number of aliphatic hydroxyl groups is 1. The number of rotatable bonds is 7. The van der Waals surface area contributed by atoms with Crippen LogP contribution in [0, 0.1) is 17.8 Å². The number of allylic oxidation sites excluding steroid dienone is 11. The van der Waals surface area contributed by atoms with E-state index in [1.165, 1.54) is 7.11 Å². The molecular weight excluding hydrogens is 628 g/mol. The molecule has 252 valence electrons. The van der Waals surface area contributed by atoms with E-state index in [1.807, 2.05) is 63.3 Å². The Hall–Kier alpha value is -5.83. The van der Waals surface area contributed by atoms with Crippen LogP contribution in [0.2, 0.25) is 0 Å². The van der Waals surface area contributed by atoms with Crippen molar-refractivity contribution in [2.24, 2.45) is 32.7 Å². The van der Waals surface area contributed by atoms with E-state index in [2.05, 4.69) is 25.4 Å². The number of hydrogen-bond acceptors (Lipinski definition) is 9. The fourth-order valence-corrected chi connectivity index (χ4v) is 7.50. The van der Waals surface area contributed by atoms with E-state index >= 15 is 0 Å². The molecule has 0 spiro atoms. The standard InChI is InChI=1S/C41H38N4O5/c1-8-25-20(3)28-17-30-22(5)27(15-16-34(46)50-24-13-11-10-12-14-24)38(44-30)36-37(41(48)49-7)40(47)35-23(6)31(45-39(35)36)19-33-26(9-2)21(4)29(43-33)18-32(25)42-28/h8-14,17-19,22,27,37,44,47H,1-2,15-16H2,3-7H3/t22-,27?,37+/m0/s1. The number of benzene rings is 1. The maximum absolute atomic E-state index is 13.5. The zero-order chi connectivity index (χ0) is 35.4. The highest BCUT2D eigenvalue weighted by Crippen LogP contribution is 2.49. The summed E-state index contributed by atoms with van der Waals surface area (Å²) in [6, 6.07) is 8.96. The second-order valence-electron chi connectivity index (χ2n) is 13.0. The van der Waals surface area contributed by atoms with E-state index in [0.717, 1.165) is 45.1 Å². The lowest BCUT2D eigenvalue weighted by Gasteiger charge is -2.20. The summed E-state index contributed by atoms with van der Waals surface area (Å²) in [5.41, 5.74) is 11.0. The lowest BCUT2D eigenvalue weighted by atomic mass is 9.84. The molecule has 9 heteroatoms. The summed E-state index contributed by atoms with van der Waals surface area (Å²) < 4.78 is 10.9. The molecule has 0 amide bonds. The van der Waals surface area contributed by atoms with Crippen molar-refractivity contribution in [3.05, 3.63) is 147 Å². The van der Waals surface area contributed by atoms with Crippen molar-refractivity contribution >= 4 is 29.1 Å². The van der Waals surface area contributed by atoms with Crippen LogP contribution in [0.1, 0.15) is 40.5 Å². The van der Waals surface area contributed by atoms with Gasteiger partial charge in [-0.3, -0.25) is 9.59 Å². The first-order valence-corrected chi connectivity index (χ1v) is 16.6. The van der Waals surface area contributed by atoms with E-state index in [4.69, 9.17) is 24.5 Å². The maximum Gasteiger partial charge on any atom is 0.321 e. The topological polar surface area (TPSA) is 122 Å². The summed E-state index contributed by atoms with van der Waals surface area (Å²) in [6.07, 6.45) is 9.99. The van der Waals surface area contributed by atoms with Gasteiger partial charge in [0.05, 0.1) is 41.3 Å². The first-order chi connectivity index (χ1) is 24.1. The van der Waals surface area contributed by atoms with Crippen LogP contribution in [-0.2, 0) is 14.3 Å². The van der Waals surface area contributed by atoms with Crippen LogP contribution in [0.25, 0.3) is 0 Å². The van der Waals surface area contributed by atoms with Crippen molar-refractivity contribution in [1.29, 1.82) is 0 Å². The van der Waals surface area contributed by atoms with Crippen LogP contribution in [0.5, 0.6) is 5.75 Å². The zero-order valence-electron chi connectivity index (χ0n) is 28.8. The minimum atomic E-state index is -1.10. The van der Waals surface area contributed by atoms with Crippen LogP contribution in [0.4, 0.5) is 0 Å². The zero-order valence-corrected chi connectivity index (χ0v) is 28.8. The minimum Gasteiger partial charge on any atom is -0.510 e. The first-order valence-electron chi connectivity index (χ1n) is 16.6. The minimum absolute atomic E-state index is 0.118. The summed E-state index contributed by atoms with van der Waals surface area (Å²) in [5, 5.41) is 15.4. The first kappa shape index (κ1) is 32.7. The van der Waals surface area contributed by atoms with E-state index < -0.39 is 11.9 Å². The molecule has 3 atom stereocenters. The van der Waals surface area contributed by atoms with Crippen LogP contribution >= 0.6 is 0 Å². The van der Waals surface area contributed by atoms with E-state index in [9.17, 15) is 14.7 Å². The molecule has 6 aliphatic rings. The number of hydrogen-bond donors (Lipinski definition) is 2. The second-order valence-corrected chi connectivity index (χ2v) is 13.0. The lowest BCUT2D eigenvalue weighted by molar-refractivity contribution is -0.143. The van der Waals surface area contributed by atoms with Gasteiger partial charge in [-0.1, -0.05) is 50.4 Å². The quantitative estimate of drug-likeness (QED) is 0.231. The summed E-state index contributed by atoms with van der Waals surface area (Å²) >= 11 is 0. The summed E-state index contributed by atoms with van der Waals surface area (Å²) in [6.45, 7) is 16.1. The third kappa shape index (κ3) is 5.21. The van der Waals surface area contributed by atoms with Crippen molar-refractivity contribution in [2.45, 2.75) is 40.5 Å². The highest BCUT2D eigenvalue weighted by molar-refractivity contribution is 6.24. The van der Waals surface area contributed by atoms with Crippen molar-refractivity contribution in [2.75, 3.05) is 7.11 Å². The van der Waals surface area contributed by atoms with E-state index in [0.29, 0.717) is 51.7 Å². The van der Waals surface area contributed by atoms with Gasteiger partial charge in [-0.25, -0.2) is 15.0 Å². The van der Waals surface area contributed by atoms with Crippen LogP contribution < -0.4 is 10.1 Å². The SMILES string of the molecule is C=CC1=C(C)C2=NC1=CC1=C(C)C3=C(O)[C@H](C(=O)OC)C(=C4NC(=CC5=NC(=C2)C(C=C)=C5C)[C@@H](C)C4CCC(=O)Oc2ccccc2)C3=N1. The molecule has 1 unspecified atom stereocenters. The number of fused-ring (bicyclic) bond motifs is 5. The predicted molar refractivity (Wildman–Crippen MR) is 194 cm³/mol. The molecule has 7 rings (SSSR count). The molecule has 0 aromatic heterocycles. The predicted octanol–water partition coefficient (Wildman–Crippen LogP) is 7.40. The number of nitrogens with one attached hydrogen (secondary N) is 1. The second kappa shape index (κ2) is 12.6. The molecule has 1 aromatic carbocycles. The number of esters is 2. The number of aliphatic imine (C=N–C) groups is 3. The molecule has 1 fully saturated rings. The average molecular weight is 667 g/mol. The third-order valence-corrected chi connectivity index (χ3v) is 10.3. The summed E-state index contributed by atoms with van der Waals surface area (Å²) in [5.74, 6) is -2.11. The molecule has 9 nitrogen and oxygen atoms in total. The molecule has 0 saturated carbocycles. The Balaban J connectivity index is 1.43. The van der Waals surface area contributed by atoms with Gasteiger partial charge in [0.25, 0.3) is 0 Å². The van der Waals surface area contributed by atoms with Gasteiger partial charge < -0.3 is 19.9 Å². The number of carbonyl (C=O) groups is 2. The number of nitrogens with zero attached hydrogens (tertiary/aromatic N) is 3. The molecule has 50 heavy (non-hydrogen) atoms. The highest BCUT2D eigenvalue weighted by atomic mass is 16.5. The normalized spacial score (nSPS) is 23.7. The van der Waals surface area contributed by atoms with E-state index in [-0.39, 0.29) is 30.0 Å². The third-order valence-electron chi connectivity index (χ3n) is 10.3. The Labute approximate surface area is 291 Å². The van der Waals surface area contributed by atoms with Crippen molar-refractivity contribution < 1.29 is 24.2 Å². The Morgan fingerprint density at radius 3 is 2.20 bits per heavy atom. The summed E-state index contributed by atoms with van der Waals surface area (Å²) in [7, 11) is 1.30. The van der Waals surface area contributed by atoms with Gasteiger partial charge in [-0.2, -0.15) is 0 Å². The van der Waals surface area contributed by atoms with Crippen LogP contribution in [-0.4, -0.2) is 41.3 Å². The van der Waals surface area contributed by atoms with Gasteiger partial charge in [0, 0.05) is 51.9 Å². The van der Waals surface area contributed by atoms with Crippen molar-refractivity contribution in [3.8, 4) is 5.75 Å². The Kier molecular flexibility index (Phi) is 8.22. The molecule has 5 heterocycles. The van der Waals surface area contributed by atoms with Gasteiger partial charge in [-0.15, -0.1) is 0 Å². The number of carbonyl (C=O) groups excluding carboxylic acids is 2. The number of para-hydroxylation sites is 1. The molecule has 5 aliphatic heterocycles. The largest absolute Gasteiger partial charge is 0.510 e. The summed E-state index contributed by atoms with van der Waals surface area (Å²) in [4.78, 5) is 41.6. The van der Waals surface area contributed by atoms with Crippen LogP contribution in [0.3, 0.4) is 0 Å². The van der Waals surface area contributed by atoms with Gasteiger partial charge in [0.2, 0.25) is 0 Å². The fraction of sp³-hybridized carbons (Fsp3) is 0.244.